The second-order valence-corrected chi connectivity index (χ2v) is 4.81. The fourth-order valence-corrected chi connectivity index (χ4v) is 2.62. The highest BCUT2D eigenvalue weighted by molar-refractivity contribution is 6.51. The summed E-state index contributed by atoms with van der Waals surface area (Å²) in [6, 6.07) is 0. The molecule has 92 valence electrons. The summed E-state index contributed by atoms with van der Waals surface area (Å²) in [6.45, 7) is 2.75. The summed E-state index contributed by atoms with van der Waals surface area (Å²) in [5.74, 6) is -0.836. The van der Waals surface area contributed by atoms with Gasteiger partial charge in [0.25, 0.3) is 11.7 Å². The number of hydrogen-bond acceptors (Lipinski definition) is 2. The van der Waals surface area contributed by atoms with Crippen LogP contribution in [-0.4, -0.2) is 23.1 Å². The standard InChI is InChI=1S/C13H16ClNO2/c1-2-3-4-8-15-10-7-5-6-9(14)11(10)12(16)13(15)17/h6H,2-5,7-8H2,1H3. The Morgan fingerprint density at radius 1 is 1.35 bits per heavy atom. The topological polar surface area (TPSA) is 37.4 Å². The van der Waals surface area contributed by atoms with Crippen molar-refractivity contribution >= 4 is 23.3 Å². The number of halogens is 1. The molecule has 3 nitrogen and oxygen atoms in total. The van der Waals surface area contributed by atoms with E-state index in [4.69, 9.17) is 11.6 Å². The number of carbonyl (C=O) groups excluding carboxylic acids is 2. The van der Waals surface area contributed by atoms with Crippen LogP contribution in [0.3, 0.4) is 0 Å². The van der Waals surface area contributed by atoms with Gasteiger partial charge in [0.1, 0.15) is 0 Å². The Morgan fingerprint density at radius 2 is 2.12 bits per heavy atom. The van der Waals surface area contributed by atoms with Gasteiger partial charge >= 0.3 is 0 Å². The highest BCUT2D eigenvalue weighted by Crippen LogP contribution is 2.35. The fourth-order valence-electron chi connectivity index (χ4n) is 2.32. The first-order valence-corrected chi connectivity index (χ1v) is 6.50. The van der Waals surface area contributed by atoms with E-state index in [-0.39, 0.29) is 0 Å². The number of carbonyl (C=O) groups is 2. The van der Waals surface area contributed by atoms with E-state index in [1.54, 1.807) is 4.90 Å². The number of ketones is 1. The third kappa shape index (κ3) is 2.16. The molecule has 1 aliphatic heterocycles. The number of allylic oxidation sites excluding steroid dienone is 3. The smallest absolute Gasteiger partial charge is 0.299 e. The largest absolute Gasteiger partial charge is 0.308 e. The van der Waals surface area contributed by atoms with Crippen molar-refractivity contribution in [2.75, 3.05) is 6.54 Å². The van der Waals surface area contributed by atoms with Gasteiger partial charge in [0, 0.05) is 17.3 Å². The lowest BCUT2D eigenvalue weighted by atomic mass is 10.0. The Morgan fingerprint density at radius 3 is 2.82 bits per heavy atom. The third-order valence-electron chi connectivity index (χ3n) is 3.21. The maximum Gasteiger partial charge on any atom is 0.299 e. The number of rotatable bonds is 4. The van der Waals surface area contributed by atoms with Crippen LogP contribution in [0.15, 0.2) is 22.4 Å². The molecule has 2 rings (SSSR count). The van der Waals surface area contributed by atoms with Crippen LogP contribution in [0.5, 0.6) is 0 Å². The molecule has 0 atom stereocenters. The first-order chi connectivity index (χ1) is 8.16. The second kappa shape index (κ2) is 5.05. The second-order valence-electron chi connectivity index (χ2n) is 4.41. The van der Waals surface area contributed by atoms with Crippen molar-refractivity contribution in [3.63, 3.8) is 0 Å². The maximum absolute atomic E-state index is 11.9. The lowest BCUT2D eigenvalue weighted by Crippen LogP contribution is -2.29. The zero-order valence-corrected chi connectivity index (χ0v) is 10.7. The molecule has 1 heterocycles. The normalized spacial score (nSPS) is 19.9. The zero-order chi connectivity index (χ0) is 12.4. The molecule has 0 fully saturated rings. The van der Waals surface area contributed by atoms with Crippen LogP contribution in [0.25, 0.3) is 0 Å². The summed E-state index contributed by atoms with van der Waals surface area (Å²) in [5, 5.41) is 0.447. The minimum absolute atomic E-state index is 0.403. The highest BCUT2D eigenvalue weighted by Gasteiger charge is 2.39. The first kappa shape index (κ1) is 12.4. The van der Waals surface area contributed by atoms with Crippen molar-refractivity contribution in [1.29, 1.82) is 0 Å². The molecule has 17 heavy (non-hydrogen) atoms. The van der Waals surface area contributed by atoms with Crippen LogP contribution in [0, 0.1) is 0 Å². The monoisotopic (exact) mass is 253 g/mol. The van der Waals surface area contributed by atoms with Gasteiger partial charge in [-0.1, -0.05) is 37.4 Å². The van der Waals surface area contributed by atoms with Crippen LogP contribution in [0.4, 0.5) is 0 Å². The van der Waals surface area contributed by atoms with Crippen molar-refractivity contribution in [2.45, 2.75) is 39.0 Å². The Labute approximate surface area is 106 Å². The first-order valence-electron chi connectivity index (χ1n) is 6.12. The van der Waals surface area contributed by atoms with E-state index < -0.39 is 11.7 Å². The summed E-state index contributed by atoms with van der Waals surface area (Å²) in [4.78, 5) is 25.3. The molecule has 0 aromatic rings. The predicted octanol–water partition coefficient (Wildman–Crippen LogP) is 2.76. The zero-order valence-electron chi connectivity index (χ0n) is 9.96. The molecule has 0 N–H and O–H groups in total. The lowest BCUT2D eigenvalue weighted by molar-refractivity contribution is -0.139. The number of nitrogens with zero attached hydrogens (tertiary/aromatic N) is 1. The molecule has 0 unspecified atom stereocenters. The van der Waals surface area contributed by atoms with Crippen molar-refractivity contribution in [2.24, 2.45) is 0 Å². The fraction of sp³-hybridized carbons (Fsp3) is 0.538. The number of amides is 1. The summed E-state index contributed by atoms with van der Waals surface area (Å²) in [6.07, 6.45) is 6.49. The van der Waals surface area contributed by atoms with Gasteiger partial charge in [-0.25, -0.2) is 0 Å². The summed E-state index contributed by atoms with van der Waals surface area (Å²) in [7, 11) is 0. The maximum atomic E-state index is 11.9. The third-order valence-corrected chi connectivity index (χ3v) is 3.55. The van der Waals surface area contributed by atoms with Gasteiger partial charge in [-0.15, -0.1) is 0 Å². The molecule has 0 spiro atoms. The highest BCUT2D eigenvalue weighted by atomic mass is 35.5. The molecule has 0 radical (unpaired) electrons. The van der Waals surface area contributed by atoms with E-state index in [0.717, 1.165) is 37.8 Å². The van der Waals surface area contributed by atoms with E-state index in [9.17, 15) is 9.59 Å². The molecule has 4 heteroatoms. The molecule has 0 aromatic carbocycles. The molecular formula is C13H16ClNO2. The lowest BCUT2D eigenvalue weighted by Gasteiger charge is -2.21. The van der Waals surface area contributed by atoms with E-state index in [0.29, 0.717) is 17.2 Å². The Bertz CT molecular complexity index is 423. The average molecular weight is 254 g/mol. The summed E-state index contributed by atoms with van der Waals surface area (Å²) in [5.41, 5.74) is 1.28. The molecule has 1 amide bonds. The van der Waals surface area contributed by atoms with Gasteiger partial charge < -0.3 is 4.90 Å². The van der Waals surface area contributed by atoms with Crippen molar-refractivity contribution in [1.82, 2.24) is 4.90 Å². The van der Waals surface area contributed by atoms with Gasteiger partial charge in [-0.3, -0.25) is 9.59 Å². The molecule has 0 bridgehead atoms. The predicted molar refractivity (Wildman–Crippen MR) is 66.4 cm³/mol. The molecular weight excluding hydrogens is 238 g/mol. The van der Waals surface area contributed by atoms with Crippen LogP contribution in [0.1, 0.15) is 39.0 Å². The van der Waals surface area contributed by atoms with Gasteiger partial charge in [-0.05, 0) is 19.3 Å². The van der Waals surface area contributed by atoms with Gasteiger partial charge in [0.05, 0.1) is 5.57 Å². The summed E-state index contributed by atoms with van der Waals surface area (Å²) >= 11 is 6.01. The Hall–Kier alpha value is -1.09. The Kier molecular flexibility index (Phi) is 3.67. The van der Waals surface area contributed by atoms with E-state index >= 15 is 0 Å². The van der Waals surface area contributed by atoms with E-state index in [1.165, 1.54) is 0 Å². The number of Topliss-reactive ketones (excluding diaryl/α,β-unsaturated/α-hetero) is 1. The molecule has 0 saturated heterocycles. The van der Waals surface area contributed by atoms with Crippen LogP contribution in [-0.2, 0) is 9.59 Å². The Balaban J connectivity index is 2.19. The number of unbranched alkanes of at least 4 members (excludes halogenated alkanes) is 2. The van der Waals surface area contributed by atoms with Gasteiger partial charge in [0.2, 0.25) is 0 Å². The molecule has 0 aromatic heterocycles. The minimum atomic E-state index is -0.433. The van der Waals surface area contributed by atoms with Crippen LogP contribution >= 0.6 is 11.6 Å². The van der Waals surface area contributed by atoms with Crippen molar-refractivity contribution in [3.8, 4) is 0 Å². The van der Waals surface area contributed by atoms with E-state index in [1.807, 2.05) is 6.08 Å². The van der Waals surface area contributed by atoms with E-state index in [2.05, 4.69) is 6.92 Å². The number of hydrogen-bond donors (Lipinski definition) is 0. The molecule has 2 aliphatic rings. The van der Waals surface area contributed by atoms with Gasteiger partial charge in [-0.2, -0.15) is 0 Å². The van der Waals surface area contributed by atoms with Crippen molar-refractivity contribution in [3.05, 3.63) is 22.4 Å². The van der Waals surface area contributed by atoms with Crippen LogP contribution < -0.4 is 0 Å². The minimum Gasteiger partial charge on any atom is -0.308 e. The molecule has 1 aliphatic carbocycles. The summed E-state index contributed by atoms with van der Waals surface area (Å²) < 4.78 is 0. The van der Waals surface area contributed by atoms with Gasteiger partial charge in [0.15, 0.2) is 0 Å². The van der Waals surface area contributed by atoms with Crippen LogP contribution in [0.2, 0.25) is 0 Å². The van der Waals surface area contributed by atoms with Crippen molar-refractivity contribution < 1.29 is 9.59 Å². The average Bonchev–Trinajstić information content (AvgIpc) is 2.55. The molecule has 0 saturated carbocycles. The SMILES string of the molecule is CCCCCN1C(=O)C(=O)C2=C1CCC=C2Cl. The quantitative estimate of drug-likeness (QED) is 0.571.